The van der Waals surface area contributed by atoms with Crippen LogP contribution < -0.4 is 10.6 Å². The number of nitrogens with one attached hydrogen (secondary N) is 2. The molecule has 98 valence electrons. The smallest absolute Gasteiger partial charge is 0.305 e. The molecule has 0 saturated heterocycles. The summed E-state index contributed by atoms with van der Waals surface area (Å²) in [6, 6.07) is 0. The molecule has 0 spiro atoms. The van der Waals surface area contributed by atoms with E-state index in [1.807, 2.05) is 6.92 Å². The van der Waals surface area contributed by atoms with Crippen LogP contribution >= 0.6 is 0 Å². The molecule has 0 aliphatic carbocycles. The fourth-order valence-electron chi connectivity index (χ4n) is 1.16. The highest BCUT2D eigenvalue weighted by molar-refractivity contribution is 5.79. The summed E-state index contributed by atoms with van der Waals surface area (Å²) in [4.78, 5) is 15.4. The van der Waals surface area contributed by atoms with E-state index < -0.39 is 0 Å². The number of esters is 1. The number of carbonyl (C=O) groups is 1. The Bertz CT molecular complexity index is 252. The van der Waals surface area contributed by atoms with Crippen molar-refractivity contribution in [2.24, 2.45) is 4.99 Å². The van der Waals surface area contributed by atoms with Gasteiger partial charge in [0.15, 0.2) is 5.96 Å². The number of nitrogens with zero attached hydrogens (tertiary/aromatic N) is 1. The zero-order valence-corrected chi connectivity index (χ0v) is 10.8. The lowest BCUT2D eigenvalue weighted by atomic mass is 10.3. The molecule has 0 bridgehead atoms. The normalized spacial score (nSPS) is 10.8. The Kier molecular flexibility index (Phi) is 10.00. The van der Waals surface area contributed by atoms with Crippen LogP contribution in [0.5, 0.6) is 0 Å². The van der Waals surface area contributed by atoms with Crippen LogP contribution in [-0.4, -0.2) is 38.2 Å². The quantitative estimate of drug-likeness (QED) is 0.219. The average Bonchev–Trinajstić information content (AvgIpc) is 2.31. The molecule has 0 aromatic rings. The first-order chi connectivity index (χ1) is 8.24. The van der Waals surface area contributed by atoms with Gasteiger partial charge in [-0.1, -0.05) is 6.08 Å². The molecule has 0 heterocycles. The maximum absolute atomic E-state index is 11.1. The van der Waals surface area contributed by atoms with Crippen molar-refractivity contribution in [2.45, 2.75) is 26.7 Å². The van der Waals surface area contributed by atoms with Crippen molar-refractivity contribution in [3.63, 3.8) is 0 Å². The van der Waals surface area contributed by atoms with Crippen molar-refractivity contribution < 1.29 is 9.53 Å². The molecular weight excluding hydrogens is 218 g/mol. The van der Waals surface area contributed by atoms with Crippen LogP contribution in [-0.2, 0) is 9.53 Å². The lowest BCUT2D eigenvalue weighted by Gasteiger charge is -2.09. The third kappa shape index (κ3) is 9.41. The minimum atomic E-state index is -0.160. The number of hydrogen-bond acceptors (Lipinski definition) is 3. The Morgan fingerprint density at radius 2 is 2.18 bits per heavy atom. The number of ether oxygens (including phenoxy) is 1. The Hall–Kier alpha value is -1.52. The van der Waals surface area contributed by atoms with E-state index in [-0.39, 0.29) is 5.97 Å². The van der Waals surface area contributed by atoms with Crippen LogP contribution in [0.2, 0.25) is 0 Å². The number of hydrogen-bond donors (Lipinski definition) is 2. The van der Waals surface area contributed by atoms with Crippen molar-refractivity contribution in [3.05, 3.63) is 12.7 Å². The molecule has 0 aliphatic rings. The predicted molar refractivity (Wildman–Crippen MR) is 70.0 cm³/mol. The Balaban J connectivity index is 3.82. The van der Waals surface area contributed by atoms with Gasteiger partial charge in [-0.05, 0) is 20.3 Å². The number of guanidine groups is 1. The van der Waals surface area contributed by atoms with E-state index in [4.69, 9.17) is 4.74 Å². The van der Waals surface area contributed by atoms with Crippen LogP contribution in [0.15, 0.2) is 17.6 Å². The Morgan fingerprint density at radius 3 is 2.76 bits per heavy atom. The van der Waals surface area contributed by atoms with Crippen molar-refractivity contribution in [2.75, 3.05) is 26.2 Å². The van der Waals surface area contributed by atoms with E-state index in [2.05, 4.69) is 22.2 Å². The molecule has 17 heavy (non-hydrogen) atoms. The highest BCUT2D eigenvalue weighted by Crippen LogP contribution is 1.93. The molecular formula is C12H23N3O2. The molecule has 0 amide bonds. The topological polar surface area (TPSA) is 62.7 Å². The van der Waals surface area contributed by atoms with Gasteiger partial charge in [0, 0.05) is 26.1 Å². The largest absolute Gasteiger partial charge is 0.466 e. The maximum atomic E-state index is 11.1. The Labute approximate surface area is 103 Å². The van der Waals surface area contributed by atoms with E-state index in [0.717, 1.165) is 12.5 Å². The monoisotopic (exact) mass is 241 g/mol. The van der Waals surface area contributed by atoms with Gasteiger partial charge in [-0.3, -0.25) is 9.79 Å². The minimum Gasteiger partial charge on any atom is -0.466 e. The lowest BCUT2D eigenvalue weighted by molar-refractivity contribution is -0.143. The molecule has 0 radical (unpaired) electrons. The first kappa shape index (κ1) is 15.5. The molecule has 5 heteroatoms. The molecule has 0 aliphatic heterocycles. The van der Waals surface area contributed by atoms with Gasteiger partial charge in [-0.25, -0.2) is 0 Å². The third-order valence-corrected chi connectivity index (χ3v) is 1.87. The highest BCUT2D eigenvalue weighted by Gasteiger charge is 2.00. The van der Waals surface area contributed by atoms with Crippen molar-refractivity contribution in [1.82, 2.24) is 10.6 Å². The molecule has 0 fully saturated rings. The summed E-state index contributed by atoms with van der Waals surface area (Å²) in [5, 5.41) is 6.19. The minimum absolute atomic E-state index is 0.160. The molecule has 0 unspecified atom stereocenters. The summed E-state index contributed by atoms with van der Waals surface area (Å²) in [5.74, 6) is 0.586. The van der Waals surface area contributed by atoms with Gasteiger partial charge < -0.3 is 15.4 Å². The van der Waals surface area contributed by atoms with E-state index in [1.54, 1.807) is 13.0 Å². The van der Waals surface area contributed by atoms with E-state index in [9.17, 15) is 4.79 Å². The fraction of sp³-hybridized carbons (Fsp3) is 0.667. The second-order valence-corrected chi connectivity index (χ2v) is 3.34. The molecule has 0 saturated carbocycles. The van der Waals surface area contributed by atoms with Crippen molar-refractivity contribution in [3.8, 4) is 0 Å². The SMILES string of the molecule is C=CCNC(=NCCCC(=O)OCC)NCC. The molecule has 5 nitrogen and oxygen atoms in total. The zero-order valence-electron chi connectivity index (χ0n) is 10.8. The molecule has 0 aromatic carbocycles. The van der Waals surface area contributed by atoms with Gasteiger partial charge in [0.2, 0.25) is 0 Å². The molecule has 2 N–H and O–H groups in total. The third-order valence-electron chi connectivity index (χ3n) is 1.87. The summed E-state index contributed by atoms with van der Waals surface area (Å²) in [6.07, 6.45) is 2.88. The number of rotatable bonds is 8. The molecule has 0 rings (SSSR count). The van der Waals surface area contributed by atoms with E-state index in [0.29, 0.717) is 32.5 Å². The van der Waals surface area contributed by atoms with Gasteiger partial charge in [0.1, 0.15) is 0 Å². The first-order valence-electron chi connectivity index (χ1n) is 6.03. The Morgan fingerprint density at radius 1 is 1.41 bits per heavy atom. The van der Waals surface area contributed by atoms with Gasteiger partial charge >= 0.3 is 5.97 Å². The average molecular weight is 241 g/mol. The number of carbonyl (C=O) groups excluding carboxylic acids is 1. The van der Waals surface area contributed by atoms with E-state index >= 15 is 0 Å². The van der Waals surface area contributed by atoms with Crippen LogP contribution in [0.4, 0.5) is 0 Å². The van der Waals surface area contributed by atoms with Crippen LogP contribution in [0.3, 0.4) is 0 Å². The summed E-state index contributed by atoms with van der Waals surface area (Å²) in [6.45, 7) is 9.95. The zero-order chi connectivity index (χ0) is 12.9. The van der Waals surface area contributed by atoms with Gasteiger partial charge in [-0.15, -0.1) is 6.58 Å². The second kappa shape index (κ2) is 11.0. The standard InChI is InChI=1S/C12H23N3O2/c1-4-9-14-12(13-5-2)15-10-7-8-11(16)17-6-3/h4H,1,5-10H2,2-3H3,(H2,13,14,15). The summed E-state index contributed by atoms with van der Waals surface area (Å²) in [7, 11) is 0. The second-order valence-electron chi connectivity index (χ2n) is 3.34. The van der Waals surface area contributed by atoms with Crippen molar-refractivity contribution >= 4 is 11.9 Å². The summed E-state index contributed by atoms with van der Waals surface area (Å²) in [5.41, 5.74) is 0. The predicted octanol–water partition coefficient (Wildman–Crippen LogP) is 1.07. The maximum Gasteiger partial charge on any atom is 0.305 e. The van der Waals surface area contributed by atoms with Gasteiger partial charge in [-0.2, -0.15) is 0 Å². The lowest BCUT2D eigenvalue weighted by Crippen LogP contribution is -2.37. The van der Waals surface area contributed by atoms with E-state index in [1.165, 1.54) is 0 Å². The van der Waals surface area contributed by atoms with Crippen LogP contribution in [0.25, 0.3) is 0 Å². The van der Waals surface area contributed by atoms with Gasteiger partial charge in [0.25, 0.3) is 0 Å². The molecule has 0 atom stereocenters. The first-order valence-corrected chi connectivity index (χ1v) is 6.03. The highest BCUT2D eigenvalue weighted by atomic mass is 16.5. The number of aliphatic imine (C=N–C) groups is 1. The van der Waals surface area contributed by atoms with Crippen LogP contribution in [0, 0.1) is 0 Å². The van der Waals surface area contributed by atoms with Crippen molar-refractivity contribution in [1.29, 1.82) is 0 Å². The summed E-state index contributed by atoms with van der Waals surface area (Å²) >= 11 is 0. The van der Waals surface area contributed by atoms with Crippen LogP contribution in [0.1, 0.15) is 26.7 Å². The van der Waals surface area contributed by atoms with Gasteiger partial charge in [0.05, 0.1) is 6.61 Å². The molecule has 0 aromatic heterocycles. The summed E-state index contributed by atoms with van der Waals surface area (Å²) < 4.78 is 4.83. The fourth-order valence-corrected chi connectivity index (χ4v) is 1.16.